The third kappa shape index (κ3) is 5.59. The first kappa shape index (κ1) is 20.1. The molecule has 0 aliphatic heterocycles. The molecule has 0 saturated carbocycles. The van der Waals surface area contributed by atoms with E-state index >= 15 is 0 Å². The van der Waals surface area contributed by atoms with E-state index in [9.17, 15) is 10.2 Å². The van der Waals surface area contributed by atoms with Crippen LogP contribution >= 0.6 is 0 Å². The van der Waals surface area contributed by atoms with Gasteiger partial charge in [-0.1, -0.05) is 65.8 Å². The quantitative estimate of drug-likeness (QED) is 0.623. The first-order valence-electron chi connectivity index (χ1n) is 8.42. The van der Waals surface area contributed by atoms with E-state index in [0.29, 0.717) is 11.5 Å². The lowest BCUT2D eigenvalue weighted by molar-refractivity contribution is 0.445. The van der Waals surface area contributed by atoms with E-state index in [1.807, 2.05) is 38.1 Å². The van der Waals surface area contributed by atoms with Gasteiger partial charge in [-0.05, 0) is 59.1 Å². The molecular weight excluding hydrogens is 296 g/mol. The van der Waals surface area contributed by atoms with Crippen LogP contribution in [0, 0.1) is 13.8 Å². The van der Waals surface area contributed by atoms with E-state index in [4.69, 9.17) is 0 Å². The van der Waals surface area contributed by atoms with Crippen LogP contribution < -0.4 is 0 Å². The maximum absolute atomic E-state index is 9.63. The van der Waals surface area contributed by atoms with Gasteiger partial charge in [-0.3, -0.25) is 0 Å². The molecule has 132 valence electrons. The van der Waals surface area contributed by atoms with Crippen LogP contribution in [0.3, 0.4) is 0 Å². The molecule has 2 aromatic carbocycles. The Bertz CT molecular complexity index is 625. The summed E-state index contributed by atoms with van der Waals surface area (Å²) in [6.45, 7) is 16.5. The molecule has 0 spiro atoms. The standard InChI is InChI=1S/2C11H16O/c2*1-8-5-6-9(10(12)7-8)11(2,3)4/h2*5-7,12H,1-4H3. The Hall–Kier alpha value is -1.96. The second-order valence-corrected chi connectivity index (χ2v) is 8.54. The van der Waals surface area contributed by atoms with Crippen molar-refractivity contribution in [3.63, 3.8) is 0 Å². The van der Waals surface area contributed by atoms with Gasteiger partial charge in [0.15, 0.2) is 0 Å². The molecule has 0 saturated heterocycles. The zero-order valence-electron chi connectivity index (χ0n) is 16.4. The van der Waals surface area contributed by atoms with E-state index in [0.717, 1.165) is 22.3 Å². The van der Waals surface area contributed by atoms with Crippen molar-refractivity contribution in [3.05, 3.63) is 58.7 Å². The Balaban J connectivity index is 0.000000240. The molecular formula is C22H32O2. The summed E-state index contributed by atoms with van der Waals surface area (Å²) in [7, 11) is 0. The van der Waals surface area contributed by atoms with Crippen molar-refractivity contribution < 1.29 is 10.2 Å². The average molecular weight is 328 g/mol. The van der Waals surface area contributed by atoms with E-state index in [-0.39, 0.29) is 10.8 Å². The summed E-state index contributed by atoms with van der Waals surface area (Å²) in [6.07, 6.45) is 0. The van der Waals surface area contributed by atoms with Crippen LogP contribution in [0.4, 0.5) is 0 Å². The van der Waals surface area contributed by atoms with E-state index < -0.39 is 0 Å². The highest BCUT2D eigenvalue weighted by atomic mass is 16.3. The summed E-state index contributed by atoms with van der Waals surface area (Å²) >= 11 is 0. The van der Waals surface area contributed by atoms with Gasteiger partial charge in [-0.25, -0.2) is 0 Å². The van der Waals surface area contributed by atoms with Gasteiger partial charge < -0.3 is 10.2 Å². The minimum atomic E-state index is 0.0256. The van der Waals surface area contributed by atoms with Crippen molar-refractivity contribution in [3.8, 4) is 11.5 Å². The molecule has 0 aliphatic carbocycles. The molecule has 0 aliphatic rings. The smallest absolute Gasteiger partial charge is 0.119 e. The second-order valence-electron chi connectivity index (χ2n) is 8.54. The van der Waals surface area contributed by atoms with Gasteiger partial charge in [0.25, 0.3) is 0 Å². The Labute approximate surface area is 147 Å². The van der Waals surface area contributed by atoms with Crippen molar-refractivity contribution in [1.82, 2.24) is 0 Å². The van der Waals surface area contributed by atoms with Crippen molar-refractivity contribution in [2.45, 2.75) is 66.2 Å². The van der Waals surface area contributed by atoms with Crippen LogP contribution in [-0.2, 0) is 10.8 Å². The molecule has 0 aromatic heterocycles. The highest BCUT2D eigenvalue weighted by Gasteiger charge is 2.17. The van der Waals surface area contributed by atoms with Crippen LogP contribution in [0.5, 0.6) is 11.5 Å². The van der Waals surface area contributed by atoms with Gasteiger partial charge >= 0.3 is 0 Å². The first-order chi connectivity index (χ1) is 10.8. The number of aryl methyl sites for hydroxylation is 2. The summed E-state index contributed by atoms with van der Waals surface area (Å²) < 4.78 is 0. The van der Waals surface area contributed by atoms with Crippen molar-refractivity contribution in [1.29, 1.82) is 0 Å². The monoisotopic (exact) mass is 328 g/mol. The summed E-state index contributed by atoms with van der Waals surface area (Å²) in [5.74, 6) is 0.810. The number of hydrogen-bond acceptors (Lipinski definition) is 2. The molecule has 0 amide bonds. The lowest BCUT2D eigenvalue weighted by Gasteiger charge is -2.20. The highest BCUT2D eigenvalue weighted by molar-refractivity contribution is 5.40. The SMILES string of the molecule is Cc1ccc(C(C)(C)C)c(O)c1.Cc1ccc(C(C)(C)C)c(O)c1. The van der Waals surface area contributed by atoms with E-state index in [1.54, 1.807) is 12.1 Å². The van der Waals surface area contributed by atoms with Gasteiger partial charge in [0.1, 0.15) is 11.5 Å². The number of aromatic hydroxyl groups is 2. The van der Waals surface area contributed by atoms with E-state index in [2.05, 4.69) is 41.5 Å². The third-order valence-electron chi connectivity index (χ3n) is 3.92. The minimum Gasteiger partial charge on any atom is -0.508 e. The maximum Gasteiger partial charge on any atom is 0.119 e. The van der Waals surface area contributed by atoms with Gasteiger partial charge in [0, 0.05) is 0 Å². The van der Waals surface area contributed by atoms with Crippen LogP contribution in [0.25, 0.3) is 0 Å². The van der Waals surface area contributed by atoms with Crippen LogP contribution in [0.1, 0.15) is 63.8 Å². The predicted octanol–water partition coefficient (Wildman–Crippen LogP) is 6.00. The van der Waals surface area contributed by atoms with Gasteiger partial charge in [0.05, 0.1) is 0 Å². The number of hydrogen-bond donors (Lipinski definition) is 2. The zero-order valence-corrected chi connectivity index (χ0v) is 16.4. The molecule has 0 radical (unpaired) electrons. The molecule has 24 heavy (non-hydrogen) atoms. The summed E-state index contributed by atoms with van der Waals surface area (Å²) in [5, 5.41) is 19.3. The fourth-order valence-corrected chi connectivity index (χ4v) is 2.55. The summed E-state index contributed by atoms with van der Waals surface area (Å²) in [6, 6.07) is 11.6. The Morgan fingerprint density at radius 1 is 0.583 bits per heavy atom. The maximum atomic E-state index is 9.63. The molecule has 2 heteroatoms. The van der Waals surface area contributed by atoms with Gasteiger partial charge in [0.2, 0.25) is 0 Å². The molecule has 2 nitrogen and oxygen atoms in total. The van der Waals surface area contributed by atoms with Crippen LogP contribution in [0.15, 0.2) is 36.4 Å². The summed E-state index contributed by atoms with van der Waals surface area (Å²) in [4.78, 5) is 0. The second kappa shape index (κ2) is 7.29. The van der Waals surface area contributed by atoms with E-state index in [1.165, 1.54) is 0 Å². The first-order valence-corrected chi connectivity index (χ1v) is 8.42. The molecule has 2 N–H and O–H groups in total. The molecule has 0 bridgehead atoms. The topological polar surface area (TPSA) is 40.5 Å². The highest BCUT2D eigenvalue weighted by Crippen LogP contribution is 2.31. The number of benzene rings is 2. The fraction of sp³-hybridized carbons (Fsp3) is 0.455. The largest absolute Gasteiger partial charge is 0.508 e. The Morgan fingerprint density at radius 2 is 0.875 bits per heavy atom. The lowest BCUT2D eigenvalue weighted by Crippen LogP contribution is -2.11. The fourth-order valence-electron chi connectivity index (χ4n) is 2.55. The van der Waals surface area contributed by atoms with Crippen molar-refractivity contribution >= 4 is 0 Å². The number of rotatable bonds is 0. The number of phenols is 2. The molecule has 2 rings (SSSR count). The molecule has 0 atom stereocenters. The predicted molar refractivity (Wildman–Crippen MR) is 103 cm³/mol. The molecule has 0 unspecified atom stereocenters. The third-order valence-corrected chi connectivity index (χ3v) is 3.92. The average Bonchev–Trinajstić information content (AvgIpc) is 2.35. The minimum absolute atomic E-state index is 0.0256. The summed E-state index contributed by atoms with van der Waals surface area (Å²) in [5.41, 5.74) is 4.26. The zero-order chi connectivity index (χ0) is 18.7. The Morgan fingerprint density at radius 3 is 1.08 bits per heavy atom. The number of phenolic OH excluding ortho intramolecular Hbond substituents is 2. The molecule has 2 aromatic rings. The molecule has 0 fully saturated rings. The van der Waals surface area contributed by atoms with Gasteiger partial charge in [-0.15, -0.1) is 0 Å². The Kier molecular flexibility index (Phi) is 6.10. The normalized spacial score (nSPS) is 11.7. The molecule has 0 heterocycles. The van der Waals surface area contributed by atoms with Crippen LogP contribution in [0.2, 0.25) is 0 Å². The van der Waals surface area contributed by atoms with Gasteiger partial charge in [-0.2, -0.15) is 0 Å². The van der Waals surface area contributed by atoms with Crippen LogP contribution in [-0.4, -0.2) is 10.2 Å². The van der Waals surface area contributed by atoms with Crippen molar-refractivity contribution in [2.24, 2.45) is 0 Å². The van der Waals surface area contributed by atoms with Crippen molar-refractivity contribution in [2.75, 3.05) is 0 Å². The lowest BCUT2D eigenvalue weighted by atomic mass is 9.86.